The summed E-state index contributed by atoms with van der Waals surface area (Å²) in [6, 6.07) is 6.52. The van der Waals surface area contributed by atoms with Gasteiger partial charge in [0.2, 0.25) is 0 Å². The highest BCUT2D eigenvalue weighted by Gasteiger charge is 2.31. The summed E-state index contributed by atoms with van der Waals surface area (Å²) in [4.78, 5) is 13.0. The van der Waals surface area contributed by atoms with E-state index in [1.165, 1.54) is 7.11 Å². The largest absolute Gasteiger partial charge is 0.495 e. The van der Waals surface area contributed by atoms with Gasteiger partial charge in [0.1, 0.15) is 23.7 Å². The van der Waals surface area contributed by atoms with Crippen molar-refractivity contribution in [2.75, 3.05) is 12.9 Å². The normalized spacial score (nSPS) is 14.2. The molecular formula is C26H34O8S. The molecule has 2 aromatic rings. The van der Waals surface area contributed by atoms with Gasteiger partial charge in [0, 0.05) is 11.1 Å². The molecule has 0 saturated carbocycles. The second-order valence-electron chi connectivity index (χ2n) is 9.19. The first-order valence-electron chi connectivity index (χ1n) is 11.9. The van der Waals surface area contributed by atoms with Crippen LogP contribution in [0.1, 0.15) is 79.6 Å². The molecule has 1 N–H and O–H groups in total. The van der Waals surface area contributed by atoms with E-state index in [0.717, 1.165) is 18.4 Å². The maximum absolute atomic E-state index is 13.0. The summed E-state index contributed by atoms with van der Waals surface area (Å²) in [6.07, 6.45) is 1.78. The average Bonchev–Trinajstić information content (AvgIpc) is 2.77. The van der Waals surface area contributed by atoms with Crippen molar-refractivity contribution in [3.8, 4) is 23.0 Å². The summed E-state index contributed by atoms with van der Waals surface area (Å²) in [5, 5.41) is 10.7. The number of ether oxygens (including phenoxy) is 3. The monoisotopic (exact) mass is 506 g/mol. The number of methoxy groups -OCH3 is 1. The number of aryl methyl sites for hydroxylation is 1. The van der Waals surface area contributed by atoms with Crippen molar-refractivity contribution in [2.45, 2.75) is 66.1 Å². The fraction of sp³-hybridized carbons (Fsp3) is 0.500. The summed E-state index contributed by atoms with van der Waals surface area (Å²) in [6.45, 7) is 7.60. The van der Waals surface area contributed by atoms with Crippen LogP contribution in [0.4, 0.5) is 0 Å². The molecule has 2 aromatic carbocycles. The lowest BCUT2D eigenvalue weighted by molar-refractivity contribution is 0.0454. The third kappa shape index (κ3) is 6.46. The van der Waals surface area contributed by atoms with Gasteiger partial charge < -0.3 is 23.5 Å². The SMILES string of the molecule is CCCCCS(=O)(=O)Oc1cc(C)cc2c1Oc1ccc([C@@H](O)CC(C)C)c(OC)c1C(=O)OC2. The number of fused-ring (bicyclic) bond motifs is 2. The minimum absolute atomic E-state index is 0.0239. The van der Waals surface area contributed by atoms with E-state index in [4.69, 9.17) is 18.4 Å². The van der Waals surface area contributed by atoms with E-state index >= 15 is 0 Å². The van der Waals surface area contributed by atoms with Gasteiger partial charge in [-0.3, -0.25) is 0 Å². The van der Waals surface area contributed by atoms with Crippen LogP contribution in [-0.4, -0.2) is 32.4 Å². The molecule has 9 heteroatoms. The molecular weight excluding hydrogens is 472 g/mol. The lowest BCUT2D eigenvalue weighted by Gasteiger charge is -2.24. The maximum Gasteiger partial charge on any atom is 0.346 e. The Morgan fingerprint density at radius 1 is 1.17 bits per heavy atom. The number of carbonyl (C=O) groups excluding carboxylic acids is 1. The molecule has 0 radical (unpaired) electrons. The second kappa shape index (κ2) is 11.3. The summed E-state index contributed by atoms with van der Waals surface area (Å²) in [7, 11) is -2.45. The number of carbonyl (C=O) groups is 1. The van der Waals surface area contributed by atoms with Gasteiger partial charge in [0.25, 0.3) is 0 Å². The number of unbranched alkanes of at least 4 members (excludes halogenated alkanes) is 2. The molecule has 8 nitrogen and oxygen atoms in total. The van der Waals surface area contributed by atoms with E-state index in [-0.39, 0.29) is 46.8 Å². The Labute approximate surface area is 207 Å². The van der Waals surface area contributed by atoms with Crippen LogP contribution in [0.15, 0.2) is 24.3 Å². The van der Waals surface area contributed by atoms with Crippen molar-refractivity contribution in [3.05, 3.63) is 46.5 Å². The molecule has 1 atom stereocenters. The van der Waals surface area contributed by atoms with Gasteiger partial charge in [-0.15, -0.1) is 0 Å². The molecule has 0 aliphatic carbocycles. The molecule has 1 aliphatic heterocycles. The minimum atomic E-state index is -3.85. The first-order chi connectivity index (χ1) is 16.6. The molecule has 0 saturated heterocycles. The highest BCUT2D eigenvalue weighted by Crippen LogP contribution is 2.45. The summed E-state index contributed by atoms with van der Waals surface area (Å²) in [5.74, 6) is -0.105. The smallest absolute Gasteiger partial charge is 0.346 e. The minimum Gasteiger partial charge on any atom is -0.495 e. The summed E-state index contributed by atoms with van der Waals surface area (Å²) >= 11 is 0. The molecule has 0 spiro atoms. The Bertz CT molecular complexity index is 1170. The van der Waals surface area contributed by atoms with Crippen LogP contribution in [0.5, 0.6) is 23.0 Å². The van der Waals surface area contributed by atoms with Crippen molar-refractivity contribution in [3.63, 3.8) is 0 Å². The van der Waals surface area contributed by atoms with E-state index in [9.17, 15) is 18.3 Å². The van der Waals surface area contributed by atoms with E-state index in [1.807, 2.05) is 20.8 Å². The predicted molar refractivity (Wildman–Crippen MR) is 132 cm³/mol. The number of benzene rings is 2. The van der Waals surface area contributed by atoms with Gasteiger partial charge in [0.15, 0.2) is 11.5 Å². The van der Waals surface area contributed by atoms with Gasteiger partial charge in [-0.25, -0.2) is 4.79 Å². The molecule has 0 aromatic heterocycles. The number of cyclic esters (lactones) is 1. The number of hydrogen-bond donors (Lipinski definition) is 1. The van der Waals surface area contributed by atoms with Crippen LogP contribution in [0.25, 0.3) is 0 Å². The van der Waals surface area contributed by atoms with Gasteiger partial charge >= 0.3 is 16.1 Å². The summed E-state index contributed by atoms with van der Waals surface area (Å²) in [5.41, 5.74) is 1.68. The predicted octanol–water partition coefficient (Wildman–Crippen LogP) is 5.44. The van der Waals surface area contributed by atoms with Crippen LogP contribution in [0, 0.1) is 12.8 Å². The fourth-order valence-corrected chi connectivity index (χ4v) is 5.08. The Balaban J connectivity index is 2.07. The number of esters is 1. The Morgan fingerprint density at radius 2 is 1.91 bits per heavy atom. The van der Waals surface area contributed by atoms with Crippen LogP contribution >= 0.6 is 0 Å². The van der Waals surface area contributed by atoms with Crippen LogP contribution in [0.2, 0.25) is 0 Å². The third-order valence-corrected chi connectivity index (χ3v) is 6.90. The number of hydrogen-bond acceptors (Lipinski definition) is 8. The van der Waals surface area contributed by atoms with Crippen molar-refractivity contribution in [2.24, 2.45) is 5.92 Å². The summed E-state index contributed by atoms with van der Waals surface area (Å²) < 4.78 is 47.9. The quantitative estimate of drug-likeness (QED) is 0.258. The first kappa shape index (κ1) is 26.8. The maximum atomic E-state index is 13.0. The standard InChI is InChI=1S/C26H34O8S/c1-6-7-8-11-35(29,30)34-22-14-17(4)13-18-15-32-26(28)23-21(33-24(18)22)10-9-19(25(23)31-5)20(27)12-16(2)3/h9-10,13-14,16,20,27H,6-8,11-12,15H2,1-5H3/t20-/m0/s1. The number of aliphatic hydroxyl groups excluding tert-OH is 1. The molecule has 1 aliphatic rings. The topological polar surface area (TPSA) is 108 Å². The molecule has 0 fully saturated rings. The van der Waals surface area contributed by atoms with Crippen molar-refractivity contribution >= 4 is 16.1 Å². The van der Waals surface area contributed by atoms with Crippen molar-refractivity contribution < 1.29 is 36.7 Å². The van der Waals surface area contributed by atoms with Crippen molar-refractivity contribution in [1.82, 2.24) is 0 Å². The molecule has 192 valence electrons. The number of aliphatic hydroxyl groups is 1. The van der Waals surface area contributed by atoms with Gasteiger partial charge in [-0.05, 0) is 55.5 Å². The zero-order valence-corrected chi connectivity index (χ0v) is 21.7. The van der Waals surface area contributed by atoms with E-state index in [2.05, 4.69) is 0 Å². The molecule has 3 rings (SSSR count). The van der Waals surface area contributed by atoms with Crippen LogP contribution in [-0.2, 0) is 21.5 Å². The third-order valence-electron chi connectivity index (χ3n) is 5.67. The van der Waals surface area contributed by atoms with Gasteiger partial charge in [-0.2, -0.15) is 8.42 Å². The van der Waals surface area contributed by atoms with E-state index in [0.29, 0.717) is 24.0 Å². The van der Waals surface area contributed by atoms with E-state index < -0.39 is 22.2 Å². The second-order valence-corrected chi connectivity index (χ2v) is 10.9. The van der Waals surface area contributed by atoms with Crippen molar-refractivity contribution in [1.29, 1.82) is 0 Å². The first-order valence-corrected chi connectivity index (χ1v) is 13.4. The van der Waals surface area contributed by atoms with Crippen LogP contribution in [0.3, 0.4) is 0 Å². The Hall–Kier alpha value is -2.78. The fourth-order valence-electron chi connectivity index (χ4n) is 4.05. The van der Waals surface area contributed by atoms with E-state index in [1.54, 1.807) is 31.2 Å². The molecule has 0 unspecified atom stereocenters. The van der Waals surface area contributed by atoms with Gasteiger partial charge in [0.05, 0.1) is 19.0 Å². The zero-order valence-electron chi connectivity index (χ0n) is 20.9. The Morgan fingerprint density at radius 3 is 2.57 bits per heavy atom. The van der Waals surface area contributed by atoms with Gasteiger partial charge in [-0.1, -0.05) is 33.6 Å². The zero-order chi connectivity index (χ0) is 25.8. The Kier molecular flexibility index (Phi) is 8.66. The molecule has 0 bridgehead atoms. The lowest BCUT2D eigenvalue weighted by atomic mass is 9.96. The number of rotatable bonds is 10. The van der Waals surface area contributed by atoms with Crippen LogP contribution < -0.4 is 13.7 Å². The molecule has 1 heterocycles. The average molecular weight is 507 g/mol. The highest BCUT2D eigenvalue weighted by atomic mass is 32.2. The molecule has 35 heavy (non-hydrogen) atoms. The highest BCUT2D eigenvalue weighted by molar-refractivity contribution is 7.87. The molecule has 0 amide bonds. The lowest BCUT2D eigenvalue weighted by Crippen LogP contribution is -2.17.